The minimum atomic E-state index is -4.40. The SMILES string of the molecule is CC(=O)NC(C)(C)CC1CN(S(=O)(=O)c2cn(C(F)F)nc2C)c2cc(NC(=O)OC(C)(C)C)ccc2O1. The molecule has 0 radical (unpaired) electrons. The predicted molar refractivity (Wildman–Crippen MR) is 136 cm³/mol. The molecule has 38 heavy (non-hydrogen) atoms. The zero-order valence-electron chi connectivity index (χ0n) is 22.3. The van der Waals surface area contributed by atoms with E-state index in [9.17, 15) is 26.8 Å². The largest absolute Gasteiger partial charge is 0.486 e. The number of aromatic nitrogens is 2. The minimum Gasteiger partial charge on any atom is -0.486 e. The highest BCUT2D eigenvalue weighted by atomic mass is 32.2. The molecule has 210 valence electrons. The fraction of sp³-hybridized carbons (Fsp3) is 0.542. The summed E-state index contributed by atoms with van der Waals surface area (Å²) in [5, 5.41) is 9.00. The number of carbonyl (C=O) groups is 2. The van der Waals surface area contributed by atoms with Crippen LogP contribution in [-0.2, 0) is 19.6 Å². The second kappa shape index (κ2) is 10.4. The van der Waals surface area contributed by atoms with Crippen LogP contribution in [0.1, 0.15) is 60.2 Å². The van der Waals surface area contributed by atoms with Crippen molar-refractivity contribution in [2.45, 2.75) is 83.6 Å². The summed E-state index contributed by atoms with van der Waals surface area (Å²) in [7, 11) is -4.40. The van der Waals surface area contributed by atoms with Gasteiger partial charge in [-0.2, -0.15) is 13.9 Å². The number of benzene rings is 1. The number of fused-ring (bicyclic) bond motifs is 1. The molecular weight excluding hydrogens is 524 g/mol. The standard InChI is InChI=1S/C24H33F2N5O6S/c1-14-20(13-30(29-14)21(25)26)38(34,35)31-12-17(11-24(6,7)28-15(2)32)36-19-9-8-16(10-18(19)31)27-22(33)37-23(3,4)5/h8-10,13,17,21H,11-12H2,1-7H3,(H,27,33)(H,28,32). The lowest BCUT2D eigenvalue weighted by Gasteiger charge is -2.38. The van der Waals surface area contributed by atoms with Crippen LogP contribution in [-0.4, -0.2) is 54.0 Å². The average molecular weight is 558 g/mol. The van der Waals surface area contributed by atoms with Crippen LogP contribution < -0.4 is 19.7 Å². The molecule has 11 nitrogen and oxygen atoms in total. The normalized spacial score (nSPS) is 16.1. The number of amides is 2. The molecule has 0 aliphatic carbocycles. The molecule has 0 spiro atoms. The molecule has 0 saturated heterocycles. The molecule has 1 aliphatic heterocycles. The molecule has 1 atom stereocenters. The molecule has 1 aromatic carbocycles. The Hall–Kier alpha value is -3.42. The van der Waals surface area contributed by atoms with Crippen LogP contribution in [0.2, 0.25) is 0 Å². The van der Waals surface area contributed by atoms with Crippen LogP contribution in [0.3, 0.4) is 0 Å². The number of carbonyl (C=O) groups excluding carboxylic acids is 2. The first-order valence-corrected chi connectivity index (χ1v) is 13.3. The summed E-state index contributed by atoms with van der Waals surface area (Å²) in [5.74, 6) is -0.0688. The summed E-state index contributed by atoms with van der Waals surface area (Å²) in [4.78, 5) is 23.5. The van der Waals surface area contributed by atoms with Gasteiger partial charge in [-0.15, -0.1) is 0 Å². The molecule has 0 fully saturated rings. The summed E-state index contributed by atoms with van der Waals surface area (Å²) < 4.78 is 66.8. The third kappa shape index (κ3) is 6.91. The molecule has 0 saturated carbocycles. The molecule has 1 aliphatic rings. The van der Waals surface area contributed by atoms with E-state index >= 15 is 0 Å². The number of halogens is 2. The summed E-state index contributed by atoms with van der Waals surface area (Å²) in [6.07, 6.45) is -0.420. The van der Waals surface area contributed by atoms with Crippen LogP contribution in [0.4, 0.5) is 25.0 Å². The van der Waals surface area contributed by atoms with Gasteiger partial charge in [-0.05, 0) is 59.7 Å². The van der Waals surface area contributed by atoms with E-state index in [-0.39, 0.29) is 46.4 Å². The van der Waals surface area contributed by atoms with Gasteiger partial charge in [0, 0.05) is 24.6 Å². The summed E-state index contributed by atoms with van der Waals surface area (Å²) in [6, 6.07) is 4.42. The maximum atomic E-state index is 13.8. The van der Waals surface area contributed by atoms with E-state index in [0.717, 1.165) is 10.5 Å². The Morgan fingerprint density at radius 3 is 2.45 bits per heavy atom. The first-order valence-electron chi connectivity index (χ1n) is 11.8. The number of hydrogen-bond donors (Lipinski definition) is 2. The van der Waals surface area contributed by atoms with Gasteiger partial charge in [0.25, 0.3) is 10.0 Å². The number of alkyl halides is 2. The van der Waals surface area contributed by atoms with E-state index in [2.05, 4.69) is 15.7 Å². The lowest BCUT2D eigenvalue weighted by molar-refractivity contribution is -0.120. The van der Waals surface area contributed by atoms with Gasteiger partial charge in [-0.1, -0.05) is 0 Å². The maximum Gasteiger partial charge on any atom is 0.412 e. The average Bonchev–Trinajstić information content (AvgIpc) is 3.13. The Bertz CT molecular complexity index is 1320. The molecule has 2 amide bonds. The monoisotopic (exact) mass is 557 g/mol. The molecule has 2 N–H and O–H groups in total. The molecule has 2 aromatic rings. The topological polar surface area (TPSA) is 132 Å². The molecular formula is C24H33F2N5O6S. The number of hydrogen-bond acceptors (Lipinski definition) is 7. The Labute approximate surface area is 220 Å². The van der Waals surface area contributed by atoms with Gasteiger partial charge < -0.3 is 14.8 Å². The van der Waals surface area contributed by atoms with Crippen molar-refractivity contribution in [3.8, 4) is 5.75 Å². The third-order valence-electron chi connectivity index (χ3n) is 5.43. The predicted octanol–water partition coefficient (Wildman–Crippen LogP) is 4.19. The van der Waals surface area contributed by atoms with Gasteiger partial charge in [0.2, 0.25) is 5.91 Å². The van der Waals surface area contributed by atoms with E-state index in [0.29, 0.717) is 0 Å². The van der Waals surface area contributed by atoms with Crippen LogP contribution >= 0.6 is 0 Å². The Morgan fingerprint density at radius 1 is 1.24 bits per heavy atom. The summed E-state index contributed by atoms with van der Waals surface area (Å²) in [6.45, 7) is 8.14. The fourth-order valence-corrected chi connectivity index (χ4v) is 5.84. The van der Waals surface area contributed by atoms with E-state index in [1.165, 1.54) is 32.0 Å². The van der Waals surface area contributed by atoms with Gasteiger partial charge in [-0.3, -0.25) is 14.4 Å². The molecule has 14 heteroatoms. The van der Waals surface area contributed by atoms with Crippen molar-refractivity contribution in [3.05, 3.63) is 30.1 Å². The molecule has 1 unspecified atom stereocenters. The Kier molecular flexibility index (Phi) is 7.97. The summed E-state index contributed by atoms with van der Waals surface area (Å²) in [5.41, 5.74) is -1.27. The van der Waals surface area contributed by atoms with Gasteiger partial charge in [0.15, 0.2) is 0 Å². The van der Waals surface area contributed by atoms with Gasteiger partial charge in [-0.25, -0.2) is 17.9 Å². The Morgan fingerprint density at radius 2 is 1.89 bits per heavy atom. The number of nitrogens with zero attached hydrogens (tertiary/aromatic N) is 3. The van der Waals surface area contributed by atoms with Gasteiger partial charge >= 0.3 is 12.6 Å². The minimum absolute atomic E-state index is 0.0938. The first kappa shape index (κ1) is 29.1. The molecule has 3 rings (SSSR count). The number of anilines is 2. The lowest BCUT2D eigenvalue weighted by atomic mass is 9.95. The van der Waals surface area contributed by atoms with Crippen molar-refractivity contribution < 1.29 is 36.3 Å². The summed E-state index contributed by atoms with van der Waals surface area (Å²) >= 11 is 0. The van der Waals surface area contributed by atoms with E-state index in [4.69, 9.17) is 9.47 Å². The molecule has 1 aromatic heterocycles. The van der Waals surface area contributed by atoms with Crippen molar-refractivity contribution in [2.24, 2.45) is 0 Å². The number of ether oxygens (including phenoxy) is 2. The molecule has 2 heterocycles. The zero-order valence-corrected chi connectivity index (χ0v) is 23.2. The quantitative estimate of drug-likeness (QED) is 0.522. The van der Waals surface area contributed by atoms with E-state index < -0.39 is 44.8 Å². The van der Waals surface area contributed by atoms with Crippen molar-refractivity contribution in [1.29, 1.82) is 0 Å². The zero-order chi connectivity index (χ0) is 28.6. The smallest absolute Gasteiger partial charge is 0.412 e. The van der Waals surface area contributed by atoms with Crippen molar-refractivity contribution in [1.82, 2.24) is 15.1 Å². The lowest BCUT2D eigenvalue weighted by Crippen LogP contribution is -2.50. The highest BCUT2D eigenvalue weighted by Gasteiger charge is 2.39. The van der Waals surface area contributed by atoms with Crippen molar-refractivity contribution >= 4 is 33.4 Å². The fourth-order valence-electron chi connectivity index (χ4n) is 4.18. The van der Waals surface area contributed by atoms with Crippen molar-refractivity contribution in [3.63, 3.8) is 0 Å². The van der Waals surface area contributed by atoms with Crippen LogP contribution in [0.15, 0.2) is 29.3 Å². The van der Waals surface area contributed by atoms with Crippen LogP contribution in [0, 0.1) is 6.92 Å². The number of aryl methyl sites for hydroxylation is 1. The highest BCUT2D eigenvalue weighted by Crippen LogP contribution is 2.40. The highest BCUT2D eigenvalue weighted by molar-refractivity contribution is 7.92. The van der Waals surface area contributed by atoms with Gasteiger partial charge in [0.05, 0.1) is 24.1 Å². The van der Waals surface area contributed by atoms with E-state index in [1.54, 1.807) is 34.6 Å². The maximum absolute atomic E-state index is 13.8. The first-order chi connectivity index (χ1) is 17.4. The van der Waals surface area contributed by atoms with E-state index in [1.807, 2.05) is 0 Å². The third-order valence-corrected chi connectivity index (χ3v) is 7.31. The van der Waals surface area contributed by atoms with Crippen molar-refractivity contribution in [2.75, 3.05) is 16.2 Å². The van der Waals surface area contributed by atoms with Gasteiger partial charge in [0.1, 0.15) is 22.4 Å². The Balaban J connectivity index is 2.04. The second-order valence-electron chi connectivity index (χ2n) is 10.7. The second-order valence-corrected chi connectivity index (χ2v) is 12.5. The number of sulfonamides is 1. The molecule has 0 bridgehead atoms. The van der Waals surface area contributed by atoms with Crippen LogP contribution in [0.25, 0.3) is 0 Å². The number of nitrogens with one attached hydrogen (secondary N) is 2. The van der Waals surface area contributed by atoms with Crippen LogP contribution in [0.5, 0.6) is 5.75 Å². The number of rotatable bonds is 7.